The van der Waals surface area contributed by atoms with Gasteiger partial charge in [-0.05, 0) is 55.3 Å². The largest absolute Gasteiger partial charge is 0.493 e. The van der Waals surface area contributed by atoms with Crippen LogP contribution in [0.4, 0.5) is 0 Å². The summed E-state index contributed by atoms with van der Waals surface area (Å²) in [5.74, 6) is 1.31. The molecule has 6 heteroatoms. The van der Waals surface area contributed by atoms with Crippen LogP contribution in [0.15, 0.2) is 72.1 Å². The van der Waals surface area contributed by atoms with E-state index in [9.17, 15) is 4.79 Å². The Bertz CT molecular complexity index is 1000. The summed E-state index contributed by atoms with van der Waals surface area (Å²) in [4.78, 5) is 15.9. The Hall–Kier alpha value is -3.67. The van der Waals surface area contributed by atoms with E-state index in [1.807, 2.05) is 44.2 Å². The molecule has 0 saturated carbocycles. The van der Waals surface area contributed by atoms with Crippen molar-refractivity contribution in [2.24, 2.45) is 5.10 Å². The highest BCUT2D eigenvalue weighted by molar-refractivity contribution is 5.94. The number of nitrogens with zero attached hydrogens (tertiary/aromatic N) is 2. The molecule has 1 N–H and O–H groups in total. The van der Waals surface area contributed by atoms with E-state index in [0.717, 1.165) is 23.3 Å². The van der Waals surface area contributed by atoms with Gasteiger partial charge in [-0.15, -0.1) is 0 Å². The van der Waals surface area contributed by atoms with Gasteiger partial charge in [0, 0.05) is 29.9 Å². The molecule has 0 aliphatic heterocycles. The van der Waals surface area contributed by atoms with E-state index in [4.69, 9.17) is 9.47 Å². The number of amides is 1. The van der Waals surface area contributed by atoms with Gasteiger partial charge in [0.1, 0.15) is 11.5 Å². The first kappa shape index (κ1) is 21.0. The van der Waals surface area contributed by atoms with Crippen molar-refractivity contribution in [3.63, 3.8) is 0 Å². The lowest BCUT2D eigenvalue weighted by molar-refractivity contribution is 0.0955. The topological polar surface area (TPSA) is 72.8 Å². The number of hydrogen-bond donors (Lipinski definition) is 1. The second kappa shape index (κ2) is 10.8. The fraction of sp³-hybridized carbons (Fsp3) is 0.208. The summed E-state index contributed by atoms with van der Waals surface area (Å²) in [7, 11) is 0. The molecule has 6 nitrogen and oxygen atoms in total. The first-order valence-corrected chi connectivity index (χ1v) is 9.79. The van der Waals surface area contributed by atoms with Crippen molar-refractivity contribution in [2.75, 3.05) is 13.2 Å². The van der Waals surface area contributed by atoms with Gasteiger partial charge in [0.05, 0.1) is 19.4 Å². The van der Waals surface area contributed by atoms with Crippen molar-refractivity contribution in [1.82, 2.24) is 10.4 Å². The Balaban J connectivity index is 1.48. The first-order valence-electron chi connectivity index (χ1n) is 9.79. The molecule has 0 fully saturated rings. The molecule has 0 atom stereocenters. The molecule has 1 aromatic heterocycles. The van der Waals surface area contributed by atoms with Crippen molar-refractivity contribution in [2.45, 2.75) is 20.3 Å². The fourth-order valence-corrected chi connectivity index (χ4v) is 2.73. The molecule has 0 radical (unpaired) electrons. The maximum absolute atomic E-state index is 12.0. The summed E-state index contributed by atoms with van der Waals surface area (Å²) in [5.41, 5.74) is 6.08. The van der Waals surface area contributed by atoms with Gasteiger partial charge in [-0.3, -0.25) is 9.78 Å². The summed E-state index contributed by atoms with van der Waals surface area (Å²) in [6.45, 7) is 5.17. The van der Waals surface area contributed by atoms with Crippen LogP contribution in [0.25, 0.3) is 0 Å². The van der Waals surface area contributed by atoms with Crippen LogP contribution in [0.3, 0.4) is 0 Å². The maximum Gasteiger partial charge on any atom is 0.271 e. The third-order valence-corrected chi connectivity index (χ3v) is 4.38. The number of ether oxygens (including phenoxy) is 2. The second-order valence-electron chi connectivity index (χ2n) is 6.79. The Labute approximate surface area is 176 Å². The lowest BCUT2D eigenvalue weighted by Crippen LogP contribution is -2.17. The van der Waals surface area contributed by atoms with E-state index < -0.39 is 0 Å². The molecule has 1 amide bonds. The van der Waals surface area contributed by atoms with E-state index in [1.54, 1.807) is 30.7 Å². The van der Waals surface area contributed by atoms with Crippen LogP contribution in [-0.4, -0.2) is 30.3 Å². The van der Waals surface area contributed by atoms with Crippen LogP contribution in [0.2, 0.25) is 0 Å². The first-order chi connectivity index (χ1) is 14.6. The fourth-order valence-electron chi connectivity index (χ4n) is 2.73. The van der Waals surface area contributed by atoms with Crippen molar-refractivity contribution >= 4 is 12.1 Å². The molecule has 0 unspecified atom stereocenters. The third kappa shape index (κ3) is 6.17. The SMILES string of the molecule is Cc1ccc(C)c(OCCCOc2ccccc2C=NNC(=O)c2ccncc2)c1. The Morgan fingerprint density at radius 2 is 1.73 bits per heavy atom. The average molecular weight is 403 g/mol. The lowest BCUT2D eigenvalue weighted by atomic mass is 10.1. The van der Waals surface area contributed by atoms with Crippen molar-refractivity contribution < 1.29 is 14.3 Å². The highest BCUT2D eigenvalue weighted by atomic mass is 16.5. The molecule has 0 aliphatic carbocycles. The second-order valence-corrected chi connectivity index (χ2v) is 6.79. The molecular formula is C24H25N3O3. The van der Waals surface area contributed by atoms with Crippen LogP contribution in [0, 0.1) is 13.8 Å². The zero-order chi connectivity index (χ0) is 21.2. The van der Waals surface area contributed by atoms with Crippen LogP contribution >= 0.6 is 0 Å². The van der Waals surface area contributed by atoms with Crippen molar-refractivity contribution in [1.29, 1.82) is 0 Å². The standard InChI is InChI=1S/C24H25N3O3/c1-18-8-9-19(2)23(16-18)30-15-5-14-29-22-7-4-3-6-21(22)17-26-27-24(28)20-10-12-25-13-11-20/h3-4,6-13,16-17H,5,14-15H2,1-2H3,(H,27,28). The number of aryl methyl sites for hydroxylation is 2. The number of nitrogens with one attached hydrogen (secondary N) is 1. The number of carbonyl (C=O) groups is 1. The Morgan fingerprint density at radius 3 is 2.53 bits per heavy atom. The molecule has 3 rings (SSSR count). The minimum Gasteiger partial charge on any atom is -0.493 e. The molecule has 0 aliphatic rings. The predicted octanol–water partition coefficient (Wildman–Crippen LogP) is 4.31. The monoisotopic (exact) mass is 403 g/mol. The lowest BCUT2D eigenvalue weighted by Gasteiger charge is -2.11. The van der Waals surface area contributed by atoms with Gasteiger partial charge in [0.15, 0.2) is 0 Å². The summed E-state index contributed by atoms with van der Waals surface area (Å²) >= 11 is 0. The molecular weight excluding hydrogens is 378 g/mol. The maximum atomic E-state index is 12.0. The van der Waals surface area contributed by atoms with E-state index in [1.165, 1.54) is 5.56 Å². The molecule has 0 saturated heterocycles. The number of carbonyl (C=O) groups excluding carboxylic acids is 1. The Morgan fingerprint density at radius 1 is 1.00 bits per heavy atom. The summed E-state index contributed by atoms with van der Waals surface area (Å²) in [6, 6.07) is 17.0. The molecule has 30 heavy (non-hydrogen) atoms. The highest BCUT2D eigenvalue weighted by Gasteiger charge is 2.04. The number of aromatic nitrogens is 1. The van der Waals surface area contributed by atoms with Gasteiger partial charge in [-0.25, -0.2) is 5.43 Å². The predicted molar refractivity (Wildman–Crippen MR) is 117 cm³/mol. The van der Waals surface area contributed by atoms with Gasteiger partial charge in [0.2, 0.25) is 0 Å². The van der Waals surface area contributed by atoms with Crippen LogP contribution in [0.1, 0.15) is 33.5 Å². The molecule has 0 spiro atoms. The van der Waals surface area contributed by atoms with Gasteiger partial charge in [-0.2, -0.15) is 5.10 Å². The van der Waals surface area contributed by atoms with E-state index in [0.29, 0.717) is 24.5 Å². The number of hydrazone groups is 1. The molecule has 1 heterocycles. The number of hydrogen-bond acceptors (Lipinski definition) is 5. The molecule has 0 bridgehead atoms. The van der Waals surface area contributed by atoms with Gasteiger partial charge in [-0.1, -0.05) is 24.3 Å². The quantitative estimate of drug-likeness (QED) is 0.328. The smallest absolute Gasteiger partial charge is 0.271 e. The number of benzene rings is 2. The van der Waals surface area contributed by atoms with E-state index in [-0.39, 0.29) is 5.91 Å². The molecule has 154 valence electrons. The zero-order valence-electron chi connectivity index (χ0n) is 17.2. The summed E-state index contributed by atoms with van der Waals surface area (Å²) in [6.07, 6.45) is 5.44. The highest BCUT2D eigenvalue weighted by Crippen LogP contribution is 2.19. The number of rotatable bonds is 9. The van der Waals surface area contributed by atoms with Gasteiger partial charge in [0.25, 0.3) is 5.91 Å². The average Bonchev–Trinajstić information content (AvgIpc) is 2.77. The van der Waals surface area contributed by atoms with E-state index in [2.05, 4.69) is 27.6 Å². The van der Waals surface area contributed by atoms with Gasteiger partial charge >= 0.3 is 0 Å². The minimum atomic E-state index is -0.296. The third-order valence-electron chi connectivity index (χ3n) is 4.38. The Kier molecular flexibility index (Phi) is 7.55. The minimum absolute atomic E-state index is 0.296. The molecule has 3 aromatic rings. The number of pyridine rings is 1. The van der Waals surface area contributed by atoms with Crippen LogP contribution in [0.5, 0.6) is 11.5 Å². The number of para-hydroxylation sites is 1. The van der Waals surface area contributed by atoms with Crippen LogP contribution < -0.4 is 14.9 Å². The van der Waals surface area contributed by atoms with Crippen LogP contribution in [-0.2, 0) is 0 Å². The summed E-state index contributed by atoms with van der Waals surface area (Å²) in [5, 5.41) is 4.03. The zero-order valence-corrected chi connectivity index (χ0v) is 17.2. The molecule has 2 aromatic carbocycles. The van der Waals surface area contributed by atoms with Crippen molar-refractivity contribution in [3.05, 3.63) is 89.2 Å². The van der Waals surface area contributed by atoms with Crippen molar-refractivity contribution in [3.8, 4) is 11.5 Å². The van der Waals surface area contributed by atoms with E-state index >= 15 is 0 Å². The van der Waals surface area contributed by atoms with Gasteiger partial charge < -0.3 is 9.47 Å². The normalized spacial score (nSPS) is 10.7. The summed E-state index contributed by atoms with van der Waals surface area (Å²) < 4.78 is 11.7.